The van der Waals surface area contributed by atoms with Gasteiger partial charge < -0.3 is 9.64 Å². The van der Waals surface area contributed by atoms with Crippen LogP contribution < -0.4 is 9.64 Å². The van der Waals surface area contributed by atoms with Crippen molar-refractivity contribution in [3.8, 4) is 5.75 Å². The van der Waals surface area contributed by atoms with Gasteiger partial charge in [0.2, 0.25) is 0 Å². The molecule has 0 unspecified atom stereocenters. The van der Waals surface area contributed by atoms with E-state index >= 15 is 0 Å². The van der Waals surface area contributed by atoms with Crippen LogP contribution in [0.2, 0.25) is 0 Å². The van der Waals surface area contributed by atoms with Gasteiger partial charge in [0, 0.05) is 30.6 Å². The van der Waals surface area contributed by atoms with Gasteiger partial charge in [-0.05, 0) is 48.7 Å². The van der Waals surface area contributed by atoms with Crippen molar-refractivity contribution in [2.24, 2.45) is 0 Å². The normalized spacial score (nSPS) is 13.2. The van der Waals surface area contributed by atoms with Crippen LogP contribution in [0.25, 0.3) is 6.08 Å². The topological polar surface area (TPSA) is 119 Å². The van der Waals surface area contributed by atoms with Crippen LogP contribution in [0.5, 0.6) is 5.75 Å². The number of fused-ring (bicyclic) bond motifs is 1. The van der Waals surface area contributed by atoms with E-state index in [1.165, 1.54) is 11.6 Å². The SMILES string of the molecule is CCOc1ccc2c(c1)CC=C(C=Cc1cccc([N+](=O)[O-])c1)N2C.COS(=O)(=O)O. The number of hydrogen-bond donors (Lipinski definition) is 1. The predicted molar refractivity (Wildman–Crippen MR) is 118 cm³/mol. The lowest BCUT2D eigenvalue weighted by Gasteiger charge is -2.28. The molecule has 1 aliphatic heterocycles. The first kappa shape index (κ1) is 24.1. The van der Waals surface area contributed by atoms with Crippen LogP contribution in [0.4, 0.5) is 11.4 Å². The minimum absolute atomic E-state index is 0.0990. The number of nitro groups is 1. The molecule has 2 aromatic rings. The number of anilines is 1. The van der Waals surface area contributed by atoms with E-state index in [1.54, 1.807) is 12.1 Å². The lowest BCUT2D eigenvalue weighted by Crippen LogP contribution is -2.20. The fraction of sp³-hybridized carbons (Fsp3) is 0.238. The molecule has 2 aromatic carbocycles. The third kappa shape index (κ3) is 7.21. The molecular weight excluding hydrogens is 424 g/mol. The second-order valence-corrected chi connectivity index (χ2v) is 7.58. The summed E-state index contributed by atoms with van der Waals surface area (Å²) in [6.07, 6.45) is 6.86. The number of likely N-dealkylation sites (N-methyl/N-ethyl adjacent to an activating group) is 1. The van der Waals surface area contributed by atoms with Gasteiger partial charge in [0.15, 0.2) is 0 Å². The third-order valence-corrected chi connectivity index (χ3v) is 4.80. The molecule has 10 heteroatoms. The molecule has 31 heavy (non-hydrogen) atoms. The molecule has 0 amide bonds. The summed E-state index contributed by atoms with van der Waals surface area (Å²) in [5.74, 6) is 0.888. The van der Waals surface area contributed by atoms with Crippen LogP contribution in [0.3, 0.4) is 0 Å². The first-order valence-corrected chi connectivity index (χ1v) is 10.7. The fourth-order valence-corrected chi connectivity index (χ4v) is 2.90. The Kier molecular flexibility index (Phi) is 8.31. The average molecular weight is 448 g/mol. The molecule has 0 radical (unpaired) electrons. The number of allylic oxidation sites excluding steroid dienone is 2. The van der Waals surface area contributed by atoms with Gasteiger partial charge in [-0.2, -0.15) is 8.42 Å². The summed E-state index contributed by atoms with van der Waals surface area (Å²) in [4.78, 5) is 12.6. The van der Waals surface area contributed by atoms with Crippen molar-refractivity contribution in [2.45, 2.75) is 13.3 Å². The Bertz CT molecular complexity index is 1090. The largest absolute Gasteiger partial charge is 0.494 e. The summed E-state index contributed by atoms with van der Waals surface area (Å²) < 4.78 is 35.3. The monoisotopic (exact) mass is 448 g/mol. The average Bonchev–Trinajstić information content (AvgIpc) is 2.73. The zero-order chi connectivity index (χ0) is 23.0. The molecule has 0 fully saturated rings. The van der Waals surface area contributed by atoms with Gasteiger partial charge in [-0.25, -0.2) is 0 Å². The van der Waals surface area contributed by atoms with Crippen LogP contribution in [0.15, 0.2) is 60.3 Å². The van der Waals surface area contributed by atoms with Gasteiger partial charge in [-0.1, -0.05) is 24.3 Å². The van der Waals surface area contributed by atoms with Gasteiger partial charge in [-0.15, -0.1) is 0 Å². The van der Waals surface area contributed by atoms with Crippen molar-refractivity contribution in [2.75, 3.05) is 25.7 Å². The number of rotatable bonds is 6. The molecule has 9 nitrogen and oxygen atoms in total. The minimum atomic E-state index is -4.16. The Morgan fingerprint density at radius 2 is 1.94 bits per heavy atom. The number of nitro benzene ring substituents is 1. The summed E-state index contributed by atoms with van der Waals surface area (Å²) >= 11 is 0. The van der Waals surface area contributed by atoms with E-state index in [4.69, 9.17) is 9.29 Å². The smallest absolute Gasteiger partial charge is 0.397 e. The Morgan fingerprint density at radius 1 is 1.23 bits per heavy atom. The van der Waals surface area contributed by atoms with Gasteiger partial charge in [0.1, 0.15) is 5.75 Å². The second-order valence-electron chi connectivity index (χ2n) is 6.40. The van der Waals surface area contributed by atoms with Crippen molar-refractivity contribution in [1.82, 2.24) is 0 Å². The molecule has 0 saturated heterocycles. The lowest BCUT2D eigenvalue weighted by atomic mass is 10.0. The molecule has 0 aromatic heterocycles. The molecule has 0 saturated carbocycles. The molecule has 0 atom stereocenters. The standard InChI is InChI=1S/C20H20N2O3.CH4O4S/c1-3-25-19-11-12-20-16(14-19)8-10-17(21(20)2)9-7-15-5-4-6-18(13-15)22(23)24;1-5-6(2,3)4/h4-7,9-14H,3,8H2,1-2H3;1H3,(H,2,3,4). The third-order valence-electron chi connectivity index (χ3n) is 4.38. The maximum absolute atomic E-state index is 10.9. The minimum Gasteiger partial charge on any atom is -0.494 e. The summed E-state index contributed by atoms with van der Waals surface area (Å²) in [6.45, 7) is 2.63. The molecule has 0 bridgehead atoms. The quantitative estimate of drug-likeness (QED) is 0.400. The molecule has 1 aliphatic rings. The summed E-state index contributed by atoms with van der Waals surface area (Å²) in [5, 5.41) is 10.9. The van der Waals surface area contributed by atoms with E-state index in [0.717, 1.165) is 36.2 Å². The fourth-order valence-electron chi connectivity index (χ4n) is 2.90. The lowest BCUT2D eigenvalue weighted by molar-refractivity contribution is -0.384. The number of nitrogens with zero attached hydrogens (tertiary/aromatic N) is 2. The molecule has 3 rings (SSSR count). The number of ether oxygens (including phenoxy) is 1. The van der Waals surface area contributed by atoms with E-state index in [9.17, 15) is 18.5 Å². The molecule has 166 valence electrons. The van der Waals surface area contributed by atoms with Gasteiger partial charge in [0.25, 0.3) is 5.69 Å². The Balaban J connectivity index is 0.000000501. The zero-order valence-corrected chi connectivity index (χ0v) is 18.2. The maximum atomic E-state index is 10.9. The van der Waals surface area contributed by atoms with E-state index in [0.29, 0.717) is 6.61 Å². The van der Waals surface area contributed by atoms with Gasteiger partial charge in [0.05, 0.1) is 18.6 Å². The first-order chi connectivity index (χ1) is 14.6. The van der Waals surface area contributed by atoms with Gasteiger partial charge in [-0.3, -0.25) is 18.9 Å². The van der Waals surface area contributed by atoms with Crippen LogP contribution >= 0.6 is 0 Å². The maximum Gasteiger partial charge on any atom is 0.397 e. The first-order valence-electron chi connectivity index (χ1n) is 9.29. The summed E-state index contributed by atoms with van der Waals surface area (Å²) in [7, 11) is -1.28. The molecular formula is C21H24N2O7S. The highest BCUT2D eigenvalue weighted by Gasteiger charge is 2.15. The van der Waals surface area contributed by atoms with Crippen molar-refractivity contribution in [3.63, 3.8) is 0 Å². The number of hydrogen-bond acceptors (Lipinski definition) is 7. The summed E-state index contributed by atoms with van der Waals surface area (Å²) in [6, 6.07) is 12.7. The molecule has 1 heterocycles. The van der Waals surface area contributed by atoms with Crippen LogP contribution in [-0.2, 0) is 21.0 Å². The summed E-state index contributed by atoms with van der Waals surface area (Å²) in [5.41, 5.74) is 4.33. The number of benzene rings is 2. The Morgan fingerprint density at radius 3 is 2.55 bits per heavy atom. The highest BCUT2D eigenvalue weighted by molar-refractivity contribution is 7.80. The zero-order valence-electron chi connectivity index (χ0n) is 17.4. The van der Waals surface area contributed by atoms with E-state index in [1.807, 2.05) is 38.3 Å². The predicted octanol–water partition coefficient (Wildman–Crippen LogP) is 4.02. The van der Waals surface area contributed by atoms with Crippen LogP contribution in [0, 0.1) is 10.1 Å². The van der Waals surface area contributed by atoms with E-state index in [2.05, 4.69) is 27.3 Å². The second kappa shape index (κ2) is 10.7. The molecule has 0 aliphatic carbocycles. The van der Waals surface area contributed by atoms with E-state index in [-0.39, 0.29) is 10.6 Å². The van der Waals surface area contributed by atoms with Crippen LogP contribution in [-0.4, -0.2) is 38.7 Å². The van der Waals surface area contributed by atoms with Crippen LogP contribution in [0.1, 0.15) is 18.1 Å². The van der Waals surface area contributed by atoms with E-state index < -0.39 is 10.4 Å². The van der Waals surface area contributed by atoms with Crippen molar-refractivity contribution in [3.05, 3.63) is 81.6 Å². The van der Waals surface area contributed by atoms with Crippen molar-refractivity contribution >= 4 is 27.8 Å². The highest BCUT2D eigenvalue weighted by Crippen LogP contribution is 2.32. The van der Waals surface area contributed by atoms with Crippen molar-refractivity contribution < 1.29 is 26.8 Å². The Labute approximate surface area is 181 Å². The number of non-ortho nitro benzene ring substituents is 1. The molecule has 1 N–H and O–H groups in total. The Hall–Kier alpha value is -3.21. The van der Waals surface area contributed by atoms with Crippen molar-refractivity contribution in [1.29, 1.82) is 0 Å². The molecule has 0 spiro atoms. The highest BCUT2D eigenvalue weighted by atomic mass is 32.3. The van der Waals surface area contributed by atoms with Gasteiger partial charge >= 0.3 is 10.4 Å².